The third-order valence-electron chi connectivity index (χ3n) is 3.69. The third-order valence-corrected chi connectivity index (χ3v) is 3.69. The second kappa shape index (κ2) is 10.6. The third kappa shape index (κ3) is 8.55. The van der Waals surface area contributed by atoms with Crippen molar-refractivity contribution in [3.8, 4) is 0 Å². The fourth-order valence-corrected chi connectivity index (χ4v) is 2.35. The molecule has 0 amide bonds. The van der Waals surface area contributed by atoms with Crippen LogP contribution in [0.15, 0.2) is 0 Å². The normalized spacial score (nSPS) is 19.7. The molecule has 2 N–H and O–H groups in total. The molecule has 0 aliphatic carbocycles. The van der Waals surface area contributed by atoms with E-state index in [9.17, 15) is 5.11 Å². The number of aliphatic hydroxyl groups is 1. The Balaban J connectivity index is 1.89. The molecule has 1 fully saturated rings. The highest BCUT2D eigenvalue weighted by Gasteiger charge is 2.15. The van der Waals surface area contributed by atoms with Crippen molar-refractivity contribution in [1.29, 1.82) is 0 Å². The molecule has 0 aromatic rings. The summed E-state index contributed by atoms with van der Waals surface area (Å²) in [4.78, 5) is 2.39. The van der Waals surface area contributed by atoms with Crippen molar-refractivity contribution in [2.45, 2.75) is 25.4 Å². The quantitative estimate of drug-likeness (QED) is 0.562. The minimum absolute atomic E-state index is 0.380. The molecular weight excluding hydrogens is 244 g/mol. The molecule has 1 atom stereocenters. The van der Waals surface area contributed by atoms with Gasteiger partial charge in [-0.15, -0.1) is 0 Å². The molecule has 1 heterocycles. The molecular formula is C14H30N2O3. The topological polar surface area (TPSA) is 54.0 Å². The van der Waals surface area contributed by atoms with Crippen molar-refractivity contribution < 1.29 is 14.6 Å². The first-order chi connectivity index (χ1) is 9.22. The molecule has 19 heavy (non-hydrogen) atoms. The monoisotopic (exact) mass is 274 g/mol. The van der Waals surface area contributed by atoms with E-state index in [2.05, 4.69) is 17.3 Å². The van der Waals surface area contributed by atoms with Gasteiger partial charge >= 0.3 is 0 Å². The predicted octanol–water partition coefficient (Wildman–Crippen LogP) is 0.332. The zero-order valence-corrected chi connectivity index (χ0v) is 12.4. The molecule has 1 saturated heterocycles. The average molecular weight is 274 g/mol. The lowest BCUT2D eigenvalue weighted by Crippen LogP contribution is -2.34. The predicted molar refractivity (Wildman–Crippen MR) is 76.4 cm³/mol. The van der Waals surface area contributed by atoms with E-state index >= 15 is 0 Å². The van der Waals surface area contributed by atoms with E-state index in [1.807, 2.05) is 0 Å². The SMILES string of the molecule is COCCOCC(O)CNCCC1CCN(C)CC1. The fraction of sp³-hybridized carbons (Fsp3) is 1.00. The summed E-state index contributed by atoms with van der Waals surface area (Å²) in [6.07, 6.45) is 3.40. The van der Waals surface area contributed by atoms with E-state index in [0.29, 0.717) is 26.4 Å². The van der Waals surface area contributed by atoms with Crippen LogP contribution in [0.1, 0.15) is 19.3 Å². The molecule has 1 aliphatic heterocycles. The second-order valence-corrected chi connectivity index (χ2v) is 5.46. The van der Waals surface area contributed by atoms with Crippen LogP contribution in [0.2, 0.25) is 0 Å². The van der Waals surface area contributed by atoms with Crippen LogP contribution >= 0.6 is 0 Å². The number of nitrogens with one attached hydrogen (secondary N) is 1. The Morgan fingerprint density at radius 3 is 2.74 bits per heavy atom. The minimum atomic E-state index is -0.422. The van der Waals surface area contributed by atoms with Gasteiger partial charge in [-0.2, -0.15) is 0 Å². The number of hydrogen-bond acceptors (Lipinski definition) is 5. The van der Waals surface area contributed by atoms with Gasteiger partial charge in [0.2, 0.25) is 0 Å². The molecule has 0 saturated carbocycles. The first-order valence-electron chi connectivity index (χ1n) is 7.36. The number of likely N-dealkylation sites (tertiary alicyclic amines) is 1. The Morgan fingerprint density at radius 2 is 2.05 bits per heavy atom. The van der Waals surface area contributed by atoms with Gasteiger partial charge in [0, 0.05) is 13.7 Å². The van der Waals surface area contributed by atoms with Crippen molar-refractivity contribution in [2.24, 2.45) is 5.92 Å². The standard InChI is InChI=1S/C14H30N2O3/c1-16-7-4-13(5-8-16)3-6-15-11-14(17)12-19-10-9-18-2/h13-15,17H,3-12H2,1-2H3. The van der Waals surface area contributed by atoms with Gasteiger partial charge < -0.3 is 24.8 Å². The second-order valence-electron chi connectivity index (χ2n) is 5.46. The first-order valence-corrected chi connectivity index (χ1v) is 7.36. The van der Waals surface area contributed by atoms with Crippen LogP contribution in [0, 0.1) is 5.92 Å². The zero-order valence-electron chi connectivity index (χ0n) is 12.4. The fourth-order valence-electron chi connectivity index (χ4n) is 2.35. The summed E-state index contributed by atoms with van der Waals surface area (Å²) < 4.78 is 10.1. The van der Waals surface area contributed by atoms with Gasteiger partial charge in [-0.05, 0) is 51.9 Å². The molecule has 1 rings (SSSR count). The Hall–Kier alpha value is -0.200. The average Bonchev–Trinajstić information content (AvgIpc) is 2.42. The van der Waals surface area contributed by atoms with Crippen molar-refractivity contribution in [3.05, 3.63) is 0 Å². The zero-order chi connectivity index (χ0) is 13.9. The van der Waals surface area contributed by atoms with Crippen molar-refractivity contribution >= 4 is 0 Å². The molecule has 5 heteroatoms. The maximum absolute atomic E-state index is 9.69. The van der Waals surface area contributed by atoms with E-state index in [4.69, 9.17) is 9.47 Å². The maximum atomic E-state index is 9.69. The van der Waals surface area contributed by atoms with Crippen molar-refractivity contribution in [2.75, 3.05) is 60.2 Å². The van der Waals surface area contributed by atoms with Crippen molar-refractivity contribution in [3.63, 3.8) is 0 Å². The summed E-state index contributed by atoms with van der Waals surface area (Å²) in [6, 6.07) is 0. The van der Waals surface area contributed by atoms with E-state index in [-0.39, 0.29) is 0 Å². The van der Waals surface area contributed by atoms with Crippen LogP contribution in [-0.4, -0.2) is 76.3 Å². The van der Waals surface area contributed by atoms with Crippen LogP contribution < -0.4 is 5.32 Å². The van der Waals surface area contributed by atoms with E-state index in [1.165, 1.54) is 32.4 Å². The van der Waals surface area contributed by atoms with Crippen LogP contribution in [0.4, 0.5) is 0 Å². The van der Waals surface area contributed by atoms with Crippen molar-refractivity contribution in [1.82, 2.24) is 10.2 Å². The number of nitrogens with zero attached hydrogens (tertiary/aromatic N) is 1. The van der Waals surface area contributed by atoms with Gasteiger partial charge in [0.25, 0.3) is 0 Å². The molecule has 5 nitrogen and oxygen atoms in total. The molecule has 1 aliphatic rings. The largest absolute Gasteiger partial charge is 0.389 e. The highest BCUT2D eigenvalue weighted by atomic mass is 16.5. The van der Waals surface area contributed by atoms with E-state index in [1.54, 1.807) is 7.11 Å². The number of ether oxygens (including phenoxy) is 2. The number of methoxy groups -OCH3 is 1. The van der Waals surface area contributed by atoms with Crippen LogP contribution in [0.25, 0.3) is 0 Å². The summed E-state index contributed by atoms with van der Waals surface area (Å²) in [6.45, 7) is 5.55. The van der Waals surface area contributed by atoms with Gasteiger partial charge in [0.1, 0.15) is 0 Å². The number of rotatable bonds is 10. The first kappa shape index (κ1) is 16.9. The lowest BCUT2D eigenvalue weighted by Gasteiger charge is -2.29. The molecule has 114 valence electrons. The highest BCUT2D eigenvalue weighted by Crippen LogP contribution is 2.18. The molecule has 1 unspecified atom stereocenters. The molecule has 0 aromatic carbocycles. The lowest BCUT2D eigenvalue weighted by atomic mass is 9.94. The van der Waals surface area contributed by atoms with Gasteiger partial charge in [-0.1, -0.05) is 0 Å². The number of aliphatic hydroxyl groups excluding tert-OH is 1. The number of hydrogen-bond donors (Lipinski definition) is 2. The summed E-state index contributed by atoms with van der Waals surface area (Å²) in [5.74, 6) is 0.846. The Labute approximate surface area is 117 Å². The van der Waals surface area contributed by atoms with Crippen LogP contribution in [-0.2, 0) is 9.47 Å². The highest BCUT2D eigenvalue weighted by molar-refractivity contribution is 4.71. The Bertz CT molecular complexity index is 209. The molecule has 0 spiro atoms. The van der Waals surface area contributed by atoms with Crippen LogP contribution in [0.5, 0.6) is 0 Å². The van der Waals surface area contributed by atoms with E-state index in [0.717, 1.165) is 12.5 Å². The smallest absolute Gasteiger partial charge is 0.0897 e. The summed E-state index contributed by atoms with van der Waals surface area (Å²) >= 11 is 0. The van der Waals surface area contributed by atoms with Gasteiger partial charge in [0.05, 0.1) is 25.9 Å². The van der Waals surface area contributed by atoms with Gasteiger partial charge in [0.15, 0.2) is 0 Å². The summed E-state index contributed by atoms with van der Waals surface area (Å²) in [5, 5.41) is 13.0. The number of piperidine rings is 1. The van der Waals surface area contributed by atoms with E-state index < -0.39 is 6.10 Å². The van der Waals surface area contributed by atoms with Gasteiger partial charge in [-0.3, -0.25) is 0 Å². The molecule has 0 aromatic heterocycles. The Kier molecular flexibility index (Phi) is 9.38. The van der Waals surface area contributed by atoms with Gasteiger partial charge in [-0.25, -0.2) is 0 Å². The summed E-state index contributed by atoms with van der Waals surface area (Å²) in [5.41, 5.74) is 0. The summed E-state index contributed by atoms with van der Waals surface area (Å²) in [7, 11) is 3.83. The molecule has 0 radical (unpaired) electrons. The molecule has 0 bridgehead atoms. The lowest BCUT2D eigenvalue weighted by molar-refractivity contribution is 0.0137. The maximum Gasteiger partial charge on any atom is 0.0897 e. The Morgan fingerprint density at radius 1 is 1.32 bits per heavy atom. The van der Waals surface area contributed by atoms with Crippen LogP contribution in [0.3, 0.4) is 0 Å². The minimum Gasteiger partial charge on any atom is -0.389 e.